The Morgan fingerprint density at radius 3 is 2.56 bits per heavy atom. The van der Waals surface area contributed by atoms with Crippen LogP contribution in [0.5, 0.6) is 0 Å². The van der Waals surface area contributed by atoms with Crippen LogP contribution in [-0.2, 0) is 0 Å². The highest BCUT2D eigenvalue weighted by Crippen LogP contribution is 2.20. The van der Waals surface area contributed by atoms with E-state index in [4.69, 9.17) is 5.26 Å². The van der Waals surface area contributed by atoms with Crippen molar-refractivity contribution in [2.24, 2.45) is 0 Å². The van der Waals surface area contributed by atoms with E-state index in [0.717, 1.165) is 4.47 Å². The lowest BCUT2D eigenvalue weighted by atomic mass is 10.1. The average molecular weight is 301 g/mol. The van der Waals surface area contributed by atoms with Gasteiger partial charge in [0.05, 0.1) is 11.3 Å². The molecule has 0 aromatic heterocycles. The van der Waals surface area contributed by atoms with E-state index in [1.807, 2.05) is 12.1 Å². The standard InChI is InChI=1S/C14H9BrN2O/c15-12-6-7-13(11(8-12)9-16)17-14(18)10-4-2-1-3-5-10/h1-8H,(H,17,18). The van der Waals surface area contributed by atoms with Gasteiger partial charge in [-0.15, -0.1) is 0 Å². The summed E-state index contributed by atoms with van der Waals surface area (Å²) in [6.45, 7) is 0. The van der Waals surface area contributed by atoms with Crippen LogP contribution >= 0.6 is 15.9 Å². The van der Waals surface area contributed by atoms with Crippen LogP contribution in [0.25, 0.3) is 0 Å². The van der Waals surface area contributed by atoms with Crippen LogP contribution in [0.3, 0.4) is 0 Å². The molecule has 1 N–H and O–H groups in total. The van der Waals surface area contributed by atoms with Crippen molar-refractivity contribution in [2.45, 2.75) is 0 Å². The Bertz CT molecular complexity index is 617. The number of benzene rings is 2. The van der Waals surface area contributed by atoms with E-state index in [2.05, 4.69) is 21.2 Å². The Hall–Kier alpha value is -2.12. The van der Waals surface area contributed by atoms with E-state index in [0.29, 0.717) is 16.8 Å². The average Bonchev–Trinajstić information content (AvgIpc) is 2.41. The molecule has 0 atom stereocenters. The SMILES string of the molecule is N#Cc1cc(Br)ccc1NC(=O)c1ccccc1. The number of anilines is 1. The van der Waals surface area contributed by atoms with E-state index < -0.39 is 0 Å². The molecule has 2 rings (SSSR count). The third-order valence-electron chi connectivity index (χ3n) is 2.39. The smallest absolute Gasteiger partial charge is 0.255 e. The second-order valence-corrected chi connectivity index (χ2v) is 4.54. The first-order valence-corrected chi connectivity index (χ1v) is 6.06. The van der Waals surface area contributed by atoms with Crippen LogP contribution in [0, 0.1) is 11.3 Å². The summed E-state index contributed by atoms with van der Waals surface area (Å²) < 4.78 is 0.803. The molecule has 18 heavy (non-hydrogen) atoms. The molecule has 0 aliphatic heterocycles. The zero-order chi connectivity index (χ0) is 13.0. The molecular formula is C14H9BrN2O. The predicted molar refractivity (Wildman–Crippen MR) is 73.3 cm³/mol. The van der Waals surface area contributed by atoms with Gasteiger partial charge in [-0.25, -0.2) is 0 Å². The van der Waals surface area contributed by atoms with E-state index in [1.54, 1.807) is 42.5 Å². The van der Waals surface area contributed by atoms with Crippen molar-refractivity contribution in [2.75, 3.05) is 5.32 Å². The molecule has 0 heterocycles. The summed E-state index contributed by atoms with van der Waals surface area (Å²) in [7, 11) is 0. The molecule has 0 bridgehead atoms. The van der Waals surface area contributed by atoms with Crippen LogP contribution < -0.4 is 5.32 Å². The maximum atomic E-state index is 11.9. The zero-order valence-electron chi connectivity index (χ0n) is 9.35. The molecule has 0 spiro atoms. The second-order valence-electron chi connectivity index (χ2n) is 3.62. The predicted octanol–water partition coefficient (Wildman–Crippen LogP) is 3.57. The summed E-state index contributed by atoms with van der Waals surface area (Å²) >= 11 is 3.28. The number of nitrogens with zero attached hydrogens (tertiary/aromatic N) is 1. The highest BCUT2D eigenvalue weighted by Gasteiger charge is 2.08. The van der Waals surface area contributed by atoms with Gasteiger partial charge in [0, 0.05) is 10.0 Å². The van der Waals surface area contributed by atoms with Gasteiger partial charge in [-0.2, -0.15) is 5.26 Å². The number of hydrogen-bond acceptors (Lipinski definition) is 2. The van der Waals surface area contributed by atoms with Crippen molar-refractivity contribution in [3.05, 3.63) is 64.1 Å². The minimum Gasteiger partial charge on any atom is -0.321 e. The number of halogens is 1. The minimum atomic E-state index is -0.227. The van der Waals surface area contributed by atoms with Gasteiger partial charge in [0.2, 0.25) is 0 Å². The van der Waals surface area contributed by atoms with Gasteiger partial charge in [-0.1, -0.05) is 34.1 Å². The monoisotopic (exact) mass is 300 g/mol. The van der Waals surface area contributed by atoms with Crippen molar-refractivity contribution in [3.8, 4) is 6.07 Å². The summed E-state index contributed by atoms with van der Waals surface area (Å²) in [4.78, 5) is 11.9. The molecule has 0 unspecified atom stereocenters. The summed E-state index contributed by atoms with van der Waals surface area (Å²) in [6.07, 6.45) is 0. The lowest BCUT2D eigenvalue weighted by Gasteiger charge is -2.07. The number of hydrogen-bond donors (Lipinski definition) is 1. The summed E-state index contributed by atoms with van der Waals surface area (Å²) in [5.74, 6) is -0.227. The highest BCUT2D eigenvalue weighted by molar-refractivity contribution is 9.10. The quantitative estimate of drug-likeness (QED) is 0.922. The van der Waals surface area contributed by atoms with Crippen molar-refractivity contribution >= 4 is 27.5 Å². The first-order chi connectivity index (χ1) is 8.70. The van der Waals surface area contributed by atoms with Gasteiger partial charge >= 0.3 is 0 Å². The number of amides is 1. The van der Waals surface area contributed by atoms with E-state index in [1.165, 1.54) is 0 Å². The number of rotatable bonds is 2. The number of nitriles is 1. The van der Waals surface area contributed by atoms with Gasteiger partial charge in [-0.3, -0.25) is 4.79 Å². The fraction of sp³-hybridized carbons (Fsp3) is 0. The summed E-state index contributed by atoms with van der Waals surface area (Å²) in [6, 6.07) is 16.1. The molecule has 0 aliphatic rings. The molecule has 88 valence electrons. The normalized spacial score (nSPS) is 9.56. The molecule has 0 aliphatic carbocycles. The Kier molecular flexibility index (Phi) is 3.75. The topological polar surface area (TPSA) is 52.9 Å². The molecule has 0 radical (unpaired) electrons. The Balaban J connectivity index is 2.25. The lowest BCUT2D eigenvalue weighted by Crippen LogP contribution is -2.12. The van der Waals surface area contributed by atoms with Crippen molar-refractivity contribution in [3.63, 3.8) is 0 Å². The molecule has 4 heteroatoms. The fourth-order valence-corrected chi connectivity index (χ4v) is 1.86. The Labute approximate surface area is 113 Å². The first kappa shape index (κ1) is 12.3. The zero-order valence-corrected chi connectivity index (χ0v) is 10.9. The van der Waals surface area contributed by atoms with E-state index in [-0.39, 0.29) is 5.91 Å². The fourth-order valence-electron chi connectivity index (χ4n) is 1.50. The molecule has 2 aromatic rings. The maximum Gasteiger partial charge on any atom is 0.255 e. The largest absolute Gasteiger partial charge is 0.321 e. The van der Waals surface area contributed by atoms with Crippen LogP contribution in [0.15, 0.2) is 53.0 Å². The van der Waals surface area contributed by atoms with Gasteiger partial charge in [0.15, 0.2) is 0 Å². The second kappa shape index (κ2) is 5.48. The Morgan fingerprint density at radius 2 is 1.89 bits per heavy atom. The number of carbonyl (C=O) groups is 1. The van der Waals surface area contributed by atoms with Crippen LogP contribution in [-0.4, -0.2) is 5.91 Å². The highest BCUT2D eigenvalue weighted by atomic mass is 79.9. The molecule has 2 aromatic carbocycles. The summed E-state index contributed by atoms with van der Waals surface area (Å²) in [5, 5.41) is 11.7. The van der Waals surface area contributed by atoms with Gasteiger partial charge in [-0.05, 0) is 30.3 Å². The molecule has 0 fully saturated rings. The maximum absolute atomic E-state index is 11.9. The molecule has 1 amide bonds. The van der Waals surface area contributed by atoms with Gasteiger partial charge in [0.1, 0.15) is 6.07 Å². The lowest BCUT2D eigenvalue weighted by molar-refractivity contribution is 0.102. The molecule has 3 nitrogen and oxygen atoms in total. The third-order valence-corrected chi connectivity index (χ3v) is 2.88. The van der Waals surface area contributed by atoms with Crippen LogP contribution in [0.1, 0.15) is 15.9 Å². The number of nitrogens with one attached hydrogen (secondary N) is 1. The van der Waals surface area contributed by atoms with Crippen molar-refractivity contribution < 1.29 is 4.79 Å². The third kappa shape index (κ3) is 2.76. The van der Waals surface area contributed by atoms with Crippen LogP contribution in [0.4, 0.5) is 5.69 Å². The number of carbonyl (C=O) groups excluding carboxylic acids is 1. The molecular weight excluding hydrogens is 292 g/mol. The van der Waals surface area contributed by atoms with E-state index >= 15 is 0 Å². The first-order valence-electron chi connectivity index (χ1n) is 5.27. The summed E-state index contributed by atoms with van der Waals surface area (Å²) in [5.41, 5.74) is 1.49. The Morgan fingerprint density at radius 1 is 1.17 bits per heavy atom. The van der Waals surface area contributed by atoms with Crippen molar-refractivity contribution in [1.29, 1.82) is 5.26 Å². The molecule has 0 saturated carbocycles. The van der Waals surface area contributed by atoms with E-state index in [9.17, 15) is 4.79 Å². The van der Waals surface area contributed by atoms with Gasteiger partial charge in [0.25, 0.3) is 5.91 Å². The van der Waals surface area contributed by atoms with Gasteiger partial charge < -0.3 is 5.32 Å². The van der Waals surface area contributed by atoms with Crippen LogP contribution in [0.2, 0.25) is 0 Å². The molecule has 0 saturated heterocycles. The van der Waals surface area contributed by atoms with Crippen molar-refractivity contribution in [1.82, 2.24) is 0 Å². The minimum absolute atomic E-state index is 0.227.